The molecule has 0 saturated carbocycles. The van der Waals surface area contributed by atoms with Crippen LogP contribution in [-0.2, 0) is 9.53 Å². The number of hydrogen-bond acceptors (Lipinski definition) is 3. The lowest BCUT2D eigenvalue weighted by molar-refractivity contribution is -0.141. The second kappa shape index (κ2) is 7.30. The molecule has 0 amide bonds. The Morgan fingerprint density at radius 2 is 2.22 bits per heavy atom. The molecule has 0 aromatic heterocycles. The van der Waals surface area contributed by atoms with Crippen molar-refractivity contribution in [2.45, 2.75) is 13.3 Å². The van der Waals surface area contributed by atoms with E-state index < -0.39 is 0 Å². The van der Waals surface area contributed by atoms with Crippen molar-refractivity contribution in [3.8, 4) is 11.8 Å². The molecule has 0 heterocycles. The molecule has 94 valence electrons. The lowest BCUT2D eigenvalue weighted by Gasteiger charge is -2.05. The van der Waals surface area contributed by atoms with Crippen molar-refractivity contribution in [1.29, 1.82) is 0 Å². The van der Waals surface area contributed by atoms with Gasteiger partial charge >= 0.3 is 5.97 Å². The summed E-state index contributed by atoms with van der Waals surface area (Å²) in [5.41, 5.74) is 6.86. The number of rotatable bonds is 3. The van der Waals surface area contributed by atoms with Crippen molar-refractivity contribution in [3.05, 3.63) is 29.8 Å². The molecule has 5 heteroatoms. The molecule has 1 rings (SSSR count). The second-order valence-corrected chi connectivity index (χ2v) is 3.76. The van der Waals surface area contributed by atoms with Crippen LogP contribution in [0.3, 0.4) is 0 Å². The van der Waals surface area contributed by atoms with Gasteiger partial charge in [0.25, 0.3) is 0 Å². The second-order valence-electron chi connectivity index (χ2n) is 3.32. The van der Waals surface area contributed by atoms with E-state index in [1.807, 2.05) is 24.3 Å². The van der Waals surface area contributed by atoms with Crippen LogP contribution < -0.4 is 11.1 Å². The van der Waals surface area contributed by atoms with Gasteiger partial charge in [0.05, 0.1) is 12.3 Å². The molecule has 0 spiro atoms. The average Bonchev–Trinajstić information content (AvgIpc) is 2.31. The van der Waals surface area contributed by atoms with E-state index in [1.54, 1.807) is 6.92 Å². The van der Waals surface area contributed by atoms with E-state index in [9.17, 15) is 4.79 Å². The molecule has 1 aromatic rings. The number of carbonyl (C=O) groups excluding carboxylic acids is 1. The molecule has 0 fully saturated rings. The summed E-state index contributed by atoms with van der Waals surface area (Å²) in [5.74, 6) is 5.30. The molecular weight excluding hydrogens is 248 g/mol. The first-order chi connectivity index (χ1) is 8.63. The van der Waals surface area contributed by atoms with Gasteiger partial charge < -0.3 is 15.8 Å². The number of benzene rings is 1. The molecule has 0 aliphatic carbocycles. The summed E-state index contributed by atoms with van der Waals surface area (Å²) in [4.78, 5) is 11.1. The van der Waals surface area contributed by atoms with Crippen molar-refractivity contribution in [3.63, 3.8) is 0 Å². The number of hydrogen-bond donors (Lipinski definition) is 2. The van der Waals surface area contributed by atoms with Gasteiger partial charge in [-0.15, -0.1) is 0 Å². The quantitative estimate of drug-likeness (QED) is 0.492. The third-order valence-corrected chi connectivity index (χ3v) is 2.05. The summed E-state index contributed by atoms with van der Waals surface area (Å²) in [7, 11) is 0. The zero-order valence-corrected chi connectivity index (χ0v) is 10.8. The van der Waals surface area contributed by atoms with Crippen LogP contribution in [0, 0.1) is 11.8 Å². The number of nitrogens with two attached hydrogens (primary N) is 1. The van der Waals surface area contributed by atoms with E-state index >= 15 is 0 Å². The summed E-state index contributed by atoms with van der Waals surface area (Å²) in [6.07, 6.45) is 0.0647. The molecule has 0 bridgehead atoms. The topological polar surface area (TPSA) is 64.3 Å². The third-order valence-electron chi connectivity index (χ3n) is 1.95. The van der Waals surface area contributed by atoms with Gasteiger partial charge in [0.15, 0.2) is 5.11 Å². The number of carbonyl (C=O) groups is 1. The fourth-order valence-corrected chi connectivity index (χ4v) is 1.37. The van der Waals surface area contributed by atoms with Gasteiger partial charge in [-0.1, -0.05) is 24.0 Å². The Morgan fingerprint density at radius 1 is 1.50 bits per heavy atom. The Labute approximate surface area is 112 Å². The van der Waals surface area contributed by atoms with Crippen LogP contribution in [0.2, 0.25) is 0 Å². The van der Waals surface area contributed by atoms with E-state index in [0.717, 1.165) is 11.3 Å². The van der Waals surface area contributed by atoms with Gasteiger partial charge in [0.2, 0.25) is 0 Å². The maximum Gasteiger partial charge on any atom is 0.317 e. The van der Waals surface area contributed by atoms with Crippen molar-refractivity contribution in [1.82, 2.24) is 0 Å². The molecule has 0 aliphatic heterocycles. The van der Waals surface area contributed by atoms with E-state index in [4.69, 9.17) is 22.7 Å². The Morgan fingerprint density at radius 3 is 2.89 bits per heavy atom. The normalized spacial score (nSPS) is 8.94. The first-order valence-electron chi connectivity index (χ1n) is 5.43. The van der Waals surface area contributed by atoms with Crippen LogP contribution in [-0.4, -0.2) is 17.7 Å². The zero-order valence-electron chi connectivity index (χ0n) is 10.0. The van der Waals surface area contributed by atoms with Gasteiger partial charge in [-0.25, -0.2) is 0 Å². The summed E-state index contributed by atoms with van der Waals surface area (Å²) in [5, 5.41) is 3.00. The molecule has 0 unspecified atom stereocenters. The number of thiocarbonyl (C=S) groups is 1. The lowest BCUT2D eigenvalue weighted by atomic mass is 10.2. The maximum absolute atomic E-state index is 11.1. The number of nitrogens with one attached hydrogen (secondary N) is 1. The van der Waals surface area contributed by atoms with Crippen LogP contribution in [0.1, 0.15) is 18.9 Å². The predicted octanol–water partition coefficient (Wildman–Crippen LogP) is 1.65. The highest BCUT2D eigenvalue weighted by Crippen LogP contribution is 2.13. The molecule has 0 radical (unpaired) electrons. The Hall–Kier alpha value is -2.06. The minimum absolute atomic E-state index is 0.0647. The fraction of sp³-hybridized carbons (Fsp3) is 0.231. The van der Waals surface area contributed by atoms with Gasteiger partial charge in [-0.3, -0.25) is 4.79 Å². The van der Waals surface area contributed by atoms with Crippen molar-refractivity contribution in [2.24, 2.45) is 5.73 Å². The molecule has 0 saturated heterocycles. The van der Waals surface area contributed by atoms with Crippen LogP contribution in [0.25, 0.3) is 0 Å². The Balaban J connectivity index is 2.75. The Kier molecular flexibility index (Phi) is 5.68. The highest BCUT2D eigenvalue weighted by atomic mass is 32.1. The van der Waals surface area contributed by atoms with Crippen LogP contribution in [0.4, 0.5) is 5.69 Å². The third kappa shape index (κ3) is 4.85. The summed E-state index contributed by atoms with van der Waals surface area (Å²) < 4.78 is 4.78. The molecule has 0 atom stereocenters. The van der Waals surface area contributed by atoms with E-state index in [-0.39, 0.29) is 17.5 Å². The Bertz CT molecular complexity index is 503. The average molecular weight is 262 g/mol. The molecule has 4 nitrogen and oxygen atoms in total. The number of esters is 1. The number of anilines is 1. The van der Waals surface area contributed by atoms with Crippen molar-refractivity contribution in [2.75, 3.05) is 11.9 Å². The fourth-order valence-electron chi connectivity index (χ4n) is 1.26. The largest absolute Gasteiger partial charge is 0.465 e. The van der Waals surface area contributed by atoms with E-state index in [0.29, 0.717) is 6.61 Å². The van der Waals surface area contributed by atoms with E-state index in [2.05, 4.69) is 17.2 Å². The van der Waals surface area contributed by atoms with Gasteiger partial charge in [-0.05, 0) is 31.3 Å². The summed E-state index contributed by atoms with van der Waals surface area (Å²) >= 11 is 4.77. The molecule has 0 aliphatic rings. The first kappa shape index (κ1) is 14.0. The number of para-hydroxylation sites is 1. The smallest absolute Gasteiger partial charge is 0.317 e. The molecular formula is C13H14N2O2S. The monoisotopic (exact) mass is 262 g/mol. The summed E-state index contributed by atoms with van der Waals surface area (Å²) in [6, 6.07) is 7.32. The van der Waals surface area contributed by atoms with Gasteiger partial charge in [-0.2, -0.15) is 0 Å². The maximum atomic E-state index is 11.1. The number of ether oxygens (including phenoxy) is 1. The molecule has 18 heavy (non-hydrogen) atoms. The standard InChI is InChI=1S/C13H14N2O2S/c1-2-17-12(16)9-5-7-10-6-3-4-8-11(10)15-13(14)18/h3-4,6,8H,2,9H2,1H3,(H3,14,15,18). The lowest BCUT2D eigenvalue weighted by Crippen LogP contribution is -2.19. The van der Waals surface area contributed by atoms with Crippen LogP contribution in [0.5, 0.6) is 0 Å². The zero-order chi connectivity index (χ0) is 13.4. The van der Waals surface area contributed by atoms with Crippen molar-refractivity contribution >= 4 is 29.0 Å². The van der Waals surface area contributed by atoms with Crippen LogP contribution in [0.15, 0.2) is 24.3 Å². The highest BCUT2D eigenvalue weighted by Gasteiger charge is 2.00. The molecule has 1 aromatic carbocycles. The highest BCUT2D eigenvalue weighted by molar-refractivity contribution is 7.80. The van der Waals surface area contributed by atoms with Gasteiger partial charge in [0.1, 0.15) is 6.42 Å². The first-order valence-corrected chi connectivity index (χ1v) is 5.84. The molecule has 3 N–H and O–H groups in total. The van der Waals surface area contributed by atoms with Crippen LogP contribution >= 0.6 is 12.2 Å². The van der Waals surface area contributed by atoms with Crippen molar-refractivity contribution < 1.29 is 9.53 Å². The summed E-state index contributed by atoms with van der Waals surface area (Å²) in [6.45, 7) is 2.12. The predicted molar refractivity (Wildman–Crippen MR) is 75.0 cm³/mol. The SMILES string of the molecule is CCOC(=O)CC#Cc1ccccc1NC(N)=S. The van der Waals surface area contributed by atoms with Gasteiger partial charge in [0, 0.05) is 5.56 Å². The minimum Gasteiger partial charge on any atom is -0.465 e. The van der Waals surface area contributed by atoms with E-state index in [1.165, 1.54) is 0 Å². The minimum atomic E-state index is -0.329.